The Morgan fingerprint density at radius 2 is 2.33 bits per heavy atom. The predicted molar refractivity (Wildman–Crippen MR) is 81.9 cm³/mol. The summed E-state index contributed by atoms with van der Waals surface area (Å²) in [5.74, 6) is 6.23. The van der Waals surface area contributed by atoms with Crippen molar-refractivity contribution in [2.24, 2.45) is 11.8 Å². The number of rotatable bonds is 6. The third-order valence-electron chi connectivity index (χ3n) is 3.85. The van der Waals surface area contributed by atoms with Gasteiger partial charge in [-0.25, -0.2) is 10.8 Å². The molecule has 1 aliphatic heterocycles. The molecule has 0 saturated carbocycles. The van der Waals surface area contributed by atoms with E-state index in [-0.39, 0.29) is 12.0 Å². The van der Waals surface area contributed by atoms with E-state index in [1.54, 1.807) is 6.07 Å². The van der Waals surface area contributed by atoms with E-state index in [0.717, 1.165) is 31.6 Å². The fraction of sp³-hybridized carbons (Fsp3) is 0.600. The lowest BCUT2D eigenvalue weighted by atomic mass is 10.0. The number of nitrogens with two attached hydrogens (primary N) is 1. The van der Waals surface area contributed by atoms with Gasteiger partial charge in [-0.3, -0.25) is 4.79 Å². The number of ether oxygens (including phenoxy) is 1. The lowest BCUT2D eigenvalue weighted by Gasteiger charge is -2.15. The Morgan fingerprint density at radius 1 is 1.52 bits per heavy atom. The smallest absolute Gasteiger partial charge is 0.251 e. The van der Waals surface area contributed by atoms with E-state index < -0.39 is 0 Å². The summed E-state index contributed by atoms with van der Waals surface area (Å²) in [5.41, 5.74) is 3.98. The molecule has 2 unspecified atom stereocenters. The molecule has 0 spiro atoms. The third-order valence-corrected chi connectivity index (χ3v) is 3.85. The van der Waals surface area contributed by atoms with Crippen molar-refractivity contribution in [1.29, 1.82) is 0 Å². The maximum Gasteiger partial charge on any atom is 0.251 e. The SMILES string of the molecule is CCCc1cc(C(=O)NCC2CCOC2C)cc(NN)n1. The molecule has 1 aliphatic rings. The molecule has 0 radical (unpaired) electrons. The average molecular weight is 292 g/mol. The van der Waals surface area contributed by atoms with E-state index in [0.29, 0.717) is 23.8 Å². The van der Waals surface area contributed by atoms with Gasteiger partial charge in [0, 0.05) is 30.3 Å². The molecule has 4 N–H and O–H groups in total. The van der Waals surface area contributed by atoms with Gasteiger partial charge < -0.3 is 15.5 Å². The van der Waals surface area contributed by atoms with Crippen LogP contribution in [0.5, 0.6) is 0 Å². The number of hydrazine groups is 1. The maximum absolute atomic E-state index is 12.3. The van der Waals surface area contributed by atoms with Crippen molar-refractivity contribution in [3.8, 4) is 0 Å². The van der Waals surface area contributed by atoms with Gasteiger partial charge >= 0.3 is 0 Å². The van der Waals surface area contributed by atoms with Crippen molar-refractivity contribution < 1.29 is 9.53 Å². The summed E-state index contributed by atoms with van der Waals surface area (Å²) < 4.78 is 5.50. The van der Waals surface area contributed by atoms with Crippen LogP contribution in [0.3, 0.4) is 0 Å². The lowest BCUT2D eigenvalue weighted by molar-refractivity contribution is 0.0907. The van der Waals surface area contributed by atoms with Gasteiger partial charge in [-0.1, -0.05) is 13.3 Å². The number of carbonyl (C=O) groups is 1. The van der Waals surface area contributed by atoms with E-state index >= 15 is 0 Å². The largest absolute Gasteiger partial charge is 0.378 e. The van der Waals surface area contributed by atoms with Gasteiger partial charge in [0.15, 0.2) is 0 Å². The van der Waals surface area contributed by atoms with Gasteiger partial charge in [0.25, 0.3) is 5.91 Å². The molecule has 1 aromatic heterocycles. The summed E-state index contributed by atoms with van der Waals surface area (Å²) in [4.78, 5) is 16.6. The Kier molecular flexibility index (Phi) is 5.52. The number of nitrogens with one attached hydrogen (secondary N) is 2. The van der Waals surface area contributed by atoms with Crippen molar-refractivity contribution in [3.05, 3.63) is 23.4 Å². The highest BCUT2D eigenvalue weighted by atomic mass is 16.5. The van der Waals surface area contributed by atoms with Gasteiger partial charge in [-0.05, 0) is 31.9 Å². The molecular weight excluding hydrogens is 268 g/mol. The number of pyridine rings is 1. The number of aryl methyl sites for hydroxylation is 1. The van der Waals surface area contributed by atoms with Crippen molar-refractivity contribution in [1.82, 2.24) is 10.3 Å². The Bertz CT molecular complexity index is 493. The topological polar surface area (TPSA) is 89.3 Å². The highest BCUT2D eigenvalue weighted by Crippen LogP contribution is 2.19. The third kappa shape index (κ3) is 4.15. The lowest BCUT2D eigenvalue weighted by Crippen LogP contribution is -2.32. The van der Waals surface area contributed by atoms with Gasteiger partial charge in [0.05, 0.1) is 6.10 Å². The summed E-state index contributed by atoms with van der Waals surface area (Å²) >= 11 is 0. The van der Waals surface area contributed by atoms with E-state index in [4.69, 9.17) is 10.6 Å². The van der Waals surface area contributed by atoms with Gasteiger partial charge in [0.1, 0.15) is 5.82 Å². The summed E-state index contributed by atoms with van der Waals surface area (Å²) in [7, 11) is 0. The molecular formula is C15H24N4O2. The highest BCUT2D eigenvalue weighted by molar-refractivity contribution is 5.95. The first-order chi connectivity index (χ1) is 10.1. The molecule has 2 atom stereocenters. The van der Waals surface area contributed by atoms with Crippen molar-refractivity contribution in [3.63, 3.8) is 0 Å². The summed E-state index contributed by atoms with van der Waals surface area (Å²) in [6.07, 6.45) is 3.00. The molecule has 116 valence electrons. The van der Waals surface area contributed by atoms with E-state index in [1.807, 2.05) is 13.0 Å². The summed E-state index contributed by atoms with van der Waals surface area (Å²) in [5, 5.41) is 2.98. The number of carbonyl (C=O) groups excluding carboxylic acids is 1. The second-order valence-electron chi connectivity index (χ2n) is 5.46. The minimum Gasteiger partial charge on any atom is -0.378 e. The molecule has 0 bridgehead atoms. The van der Waals surface area contributed by atoms with E-state index in [9.17, 15) is 4.79 Å². The minimum absolute atomic E-state index is 0.0923. The van der Waals surface area contributed by atoms with Crippen LogP contribution < -0.4 is 16.6 Å². The van der Waals surface area contributed by atoms with E-state index in [2.05, 4.69) is 22.7 Å². The molecule has 1 aromatic rings. The number of nitrogen functional groups attached to an aromatic ring is 1. The van der Waals surface area contributed by atoms with E-state index in [1.165, 1.54) is 0 Å². The maximum atomic E-state index is 12.3. The fourth-order valence-corrected chi connectivity index (χ4v) is 2.55. The van der Waals surface area contributed by atoms with Crippen LogP contribution in [0.15, 0.2) is 12.1 Å². The van der Waals surface area contributed by atoms with Crippen LogP contribution in [0.2, 0.25) is 0 Å². The first-order valence-electron chi connectivity index (χ1n) is 7.51. The zero-order valence-electron chi connectivity index (χ0n) is 12.7. The van der Waals surface area contributed by atoms with Crippen LogP contribution in [0.1, 0.15) is 42.7 Å². The molecule has 6 nitrogen and oxygen atoms in total. The number of aromatic nitrogens is 1. The molecule has 1 saturated heterocycles. The second kappa shape index (κ2) is 7.38. The Hall–Kier alpha value is -1.66. The zero-order valence-corrected chi connectivity index (χ0v) is 12.7. The van der Waals surface area contributed by atoms with Crippen LogP contribution in [-0.2, 0) is 11.2 Å². The summed E-state index contributed by atoms with van der Waals surface area (Å²) in [6.45, 7) is 5.53. The highest BCUT2D eigenvalue weighted by Gasteiger charge is 2.24. The predicted octanol–water partition coefficient (Wildman–Crippen LogP) is 1.47. The number of nitrogens with zero attached hydrogens (tertiary/aromatic N) is 1. The molecule has 21 heavy (non-hydrogen) atoms. The summed E-state index contributed by atoms with van der Waals surface area (Å²) in [6, 6.07) is 3.50. The first-order valence-corrected chi connectivity index (χ1v) is 7.51. The van der Waals surface area contributed by atoms with Crippen molar-refractivity contribution >= 4 is 11.7 Å². The Labute approximate surface area is 125 Å². The fourth-order valence-electron chi connectivity index (χ4n) is 2.55. The molecule has 0 aromatic carbocycles. The normalized spacial score (nSPS) is 21.3. The van der Waals surface area contributed by atoms with Gasteiger partial charge in [0.2, 0.25) is 0 Å². The van der Waals surface area contributed by atoms with Crippen LogP contribution in [-0.4, -0.2) is 30.1 Å². The second-order valence-corrected chi connectivity index (χ2v) is 5.46. The van der Waals surface area contributed by atoms with Crippen molar-refractivity contribution in [2.45, 2.75) is 39.2 Å². The number of anilines is 1. The minimum atomic E-state index is -0.0923. The van der Waals surface area contributed by atoms with Gasteiger partial charge in [-0.2, -0.15) is 0 Å². The Morgan fingerprint density at radius 3 is 2.95 bits per heavy atom. The Balaban J connectivity index is 2.02. The average Bonchev–Trinajstić information content (AvgIpc) is 2.90. The van der Waals surface area contributed by atoms with Crippen molar-refractivity contribution in [2.75, 3.05) is 18.6 Å². The van der Waals surface area contributed by atoms with Crippen LogP contribution in [0.4, 0.5) is 5.82 Å². The first kappa shape index (κ1) is 15.7. The van der Waals surface area contributed by atoms with Crippen LogP contribution in [0.25, 0.3) is 0 Å². The monoisotopic (exact) mass is 292 g/mol. The zero-order chi connectivity index (χ0) is 15.2. The molecule has 1 amide bonds. The molecule has 1 fully saturated rings. The number of hydrogen-bond acceptors (Lipinski definition) is 5. The molecule has 0 aliphatic carbocycles. The standard InChI is InChI=1S/C15H24N4O2/c1-3-4-13-7-12(8-14(18-13)19-16)15(20)17-9-11-5-6-21-10(11)2/h7-8,10-11H,3-6,9,16H2,1-2H3,(H,17,20)(H,18,19). The van der Waals surface area contributed by atoms with Gasteiger partial charge in [-0.15, -0.1) is 0 Å². The molecule has 2 heterocycles. The quantitative estimate of drug-likeness (QED) is 0.546. The number of amides is 1. The van der Waals surface area contributed by atoms with Crippen LogP contribution in [0, 0.1) is 5.92 Å². The van der Waals surface area contributed by atoms with Crippen LogP contribution >= 0.6 is 0 Å². The molecule has 6 heteroatoms. The molecule has 2 rings (SSSR count). The number of hydrogen-bond donors (Lipinski definition) is 3.